The largest absolute Gasteiger partial charge is 0.416 e. The molecule has 0 nitrogen and oxygen atoms in total. The van der Waals surface area contributed by atoms with E-state index in [0.29, 0.717) is 16.0 Å². The van der Waals surface area contributed by atoms with Crippen molar-refractivity contribution in [3.05, 3.63) is 58.1 Å². The lowest BCUT2D eigenvalue weighted by atomic mass is 9.98. The molecule has 0 fully saturated rings. The third kappa shape index (κ3) is 3.23. The van der Waals surface area contributed by atoms with Crippen LogP contribution in [0.3, 0.4) is 0 Å². The van der Waals surface area contributed by atoms with E-state index < -0.39 is 11.7 Å². The topological polar surface area (TPSA) is 0 Å². The SMILES string of the molecule is CC(C)c1ccc(-c2[c]cc(C(F)(F)F)cc2Br)cc1. The fourth-order valence-corrected chi connectivity index (χ4v) is 2.48. The van der Waals surface area contributed by atoms with E-state index in [-0.39, 0.29) is 0 Å². The Labute approximate surface area is 124 Å². The second-order valence-corrected chi connectivity index (χ2v) is 5.74. The van der Waals surface area contributed by atoms with Crippen LogP contribution in [0, 0.1) is 6.07 Å². The first-order chi connectivity index (χ1) is 9.29. The molecule has 0 unspecified atom stereocenters. The van der Waals surface area contributed by atoms with Gasteiger partial charge in [0.1, 0.15) is 0 Å². The third-order valence-corrected chi connectivity index (χ3v) is 3.71. The monoisotopic (exact) mass is 341 g/mol. The number of rotatable bonds is 2. The van der Waals surface area contributed by atoms with E-state index in [4.69, 9.17) is 0 Å². The van der Waals surface area contributed by atoms with Gasteiger partial charge < -0.3 is 0 Å². The van der Waals surface area contributed by atoms with Crippen LogP contribution in [0.25, 0.3) is 11.1 Å². The van der Waals surface area contributed by atoms with Gasteiger partial charge >= 0.3 is 6.18 Å². The van der Waals surface area contributed by atoms with Crippen molar-refractivity contribution in [2.45, 2.75) is 25.9 Å². The molecule has 0 aliphatic rings. The van der Waals surface area contributed by atoms with Crippen molar-refractivity contribution in [1.82, 2.24) is 0 Å². The van der Waals surface area contributed by atoms with E-state index in [0.717, 1.165) is 17.7 Å². The second kappa shape index (κ2) is 5.60. The summed E-state index contributed by atoms with van der Waals surface area (Å²) in [6.07, 6.45) is -4.35. The van der Waals surface area contributed by atoms with Crippen LogP contribution in [0.15, 0.2) is 40.9 Å². The lowest BCUT2D eigenvalue weighted by Crippen LogP contribution is -2.04. The Morgan fingerprint density at radius 2 is 1.70 bits per heavy atom. The third-order valence-electron chi connectivity index (χ3n) is 3.09. The van der Waals surface area contributed by atoms with Crippen LogP contribution in [0.2, 0.25) is 0 Å². The van der Waals surface area contributed by atoms with Crippen LogP contribution in [0.1, 0.15) is 30.9 Å². The summed E-state index contributed by atoms with van der Waals surface area (Å²) in [5.41, 5.74) is 1.96. The molecule has 0 N–H and O–H groups in total. The molecule has 0 aromatic heterocycles. The van der Waals surface area contributed by atoms with E-state index in [9.17, 15) is 13.2 Å². The molecule has 105 valence electrons. The fraction of sp³-hybridized carbons (Fsp3) is 0.250. The summed E-state index contributed by atoms with van der Waals surface area (Å²) >= 11 is 3.19. The molecule has 2 rings (SSSR count). The van der Waals surface area contributed by atoms with Gasteiger partial charge in [-0.25, -0.2) is 0 Å². The average molecular weight is 342 g/mol. The molecule has 4 heteroatoms. The summed E-state index contributed by atoms with van der Waals surface area (Å²) in [5.74, 6) is 0.420. The highest BCUT2D eigenvalue weighted by Gasteiger charge is 2.30. The van der Waals surface area contributed by atoms with Crippen molar-refractivity contribution in [2.75, 3.05) is 0 Å². The van der Waals surface area contributed by atoms with Gasteiger partial charge in [-0.3, -0.25) is 0 Å². The maximum atomic E-state index is 12.6. The predicted octanol–water partition coefficient (Wildman–Crippen LogP) is 6.06. The van der Waals surface area contributed by atoms with Gasteiger partial charge in [-0.15, -0.1) is 0 Å². The molecule has 20 heavy (non-hydrogen) atoms. The normalized spacial score (nSPS) is 11.9. The fourth-order valence-electron chi connectivity index (χ4n) is 1.89. The Kier molecular flexibility index (Phi) is 4.23. The van der Waals surface area contributed by atoms with Crippen LogP contribution in [0.4, 0.5) is 13.2 Å². The number of benzene rings is 2. The van der Waals surface area contributed by atoms with Gasteiger partial charge in [0.05, 0.1) is 5.56 Å². The van der Waals surface area contributed by atoms with Gasteiger partial charge in [-0.2, -0.15) is 13.2 Å². The van der Waals surface area contributed by atoms with Gasteiger partial charge in [-0.05, 0) is 35.2 Å². The molecule has 0 saturated heterocycles. The first kappa shape index (κ1) is 15.1. The Morgan fingerprint density at radius 3 is 2.15 bits per heavy atom. The van der Waals surface area contributed by atoms with E-state index in [2.05, 4.69) is 35.8 Å². The van der Waals surface area contributed by atoms with Gasteiger partial charge in [-0.1, -0.05) is 54.0 Å². The van der Waals surface area contributed by atoms with Gasteiger partial charge in [0, 0.05) is 10.0 Å². The van der Waals surface area contributed by atoms with Crippen molar-refractivity contribution in [1.29, 1.82) is 0 Å². The summed E-state index contributed by atoms with van der Waals surface area (Å²) in [5, 5.41) is 0. The first-order valence-corrected chi connectivity index (χ1v) is 6.97. The average Bonchev–Trinajstić information content (AvgIpc) is 2.37. The van der Waals surface area contributed by atoms with Crippen molar-refractivity contribution >= 4 is 15.9 Å². The Hall–Kier alpha value is -1.29. The predicted molar refractivity (Wildman–Crippen MR) is 77.5 cm³/mol. The maximum Gasteiger partial charge on any atom is 0.416 e. The van der Waals surface area contributed by atoms with Gasteiger partial charge in [0.15, 0.2) is 0 Å². The highest BCUT2D eigenvalue weighted by Crippen LogP contribution is 2.35. The smallest absolute Gasteiger partial charge is 0.166 e. The summed E-state index contributed by atoms with van der Waals surface area (Å²) < 4.78 is 38.2. The minimum Gasteiger partial charge on any atom is -0.166 e. The second-order valence-electron chi connectivity index (χ2n) is 4.89. The molecule has 0 atom stereocenters. The van der Waals surface area contributed by atoms with Crippen LogP contribution in [-0.2, 0) is 6.18 Å². The van der Waals surface area contributed by atoms with E-state index in [1.54, 1.807) is 0 Å². The molecule has 0 amide bonds. The van der Waals surface area contributed by atoms with E-state index in [1.807, 2.05) is 24.3 Å². The maximum absolute atomic E-state index is 12.6. The zero-order chi connectivity index (χ0) is 14.9. The van der Waals surface area contributed by atoms with Crippen LogP contribution >= 0.6 is 15.9 Å². The lowest BCUT2D eigenvalue weighted by Gasteiger charge is -2.11. The molecule has 1 radical (unpaired) electrons. The van der Waals surface area contributed by atoms with Crippen molar-refractivity contribution < 1.29 is 13.2 Å². The Balaban J connectivity index is 2.38. The molecule has 0 aliphatic heterocycles. The molecule has 0 saturated carbocycles. The number of halogens is 4. The summed E-state index contributed by atoms with van der Waals surface area (Å²) in [7, 11) is 0. The molecule has 0 aliphatic carbocycles. The number of hydrogen-bond donors (Lipinski definition) is 0. The molecule has 0 spiro atoms. The van der Waals surface area contributed by atoms with Crippen LogP contribution in [0.5, 0.6) is 0 Å². The van der Waals surface area contributed by atoms with Crippen LogP contribution < -0.4 is 0 Å². The summed E-state index contributed by atoms with van der Waals surface area (Å²) in [6, 6.07) is 12.6. The molecule has 2 aromatic rings. The van der Waals surface area contributed by atoms with Gasteiger partial charge in [0.25, 0.3) is 0 Å². The number of alkyl halides is 3. The highest BCUT2D eigenvalue weighted by molar-refractivity contribution is 9.10. The van der Waals surface area contributed by atoms with Crippen LogP contribution in [-0.4, -0.2) is 0 Å². The molecule has 2 aromatic carbocycles. The zero-order valence-electron chi connectivity index (χ0n) is 11.1. The summed E-state index contributed by atoms with van der Waals surface area (Å²) in [4.78, 5) is 0. The van der Waals surface area contributed by atoms with Crippen molar-refractivity contribution in [3.63, 3.8) is 0 Å². The quantitative estimate of drug-likeness (QED) is 0.622. The minimum absolute atomic E-state index is 0.393. The standard InChI is InChI=1S/C16H13BrF3/c1-10(2)11-3-5-12(6-4-11)14-8-7-13(9-15(14)17)16(18,19)20/h3-7,9-10H,1-2H3. The molecule has 0 bridgehead atoms. The Morgan fingerprint density at radius 1 is 1.10 bits per heavy atom. The molecule has 0 heterocycles. The molecular formula is C16H13BrF3. The molecular weight excluding hydrogens is 329 g/mol. The number of hydrogen-bond acceptors (Lipinski definition) is 0. The zero-order valence-corrected chi connectivity index (χ0v) is 12.6. The van der Waals surface area contributed by atoms with E-state index >= 15 is 0 Å². The first-order valence-electron chi connectivity index (χ1n) is 6.18. The lowest BCUT2D eigenvalue weighted by molar-refractivity contribution is -0.137. The minimum atomic E-state index is -4.35. The van der Waals surface area contributed by atoms with Crippen molar-refractivity contribution in [2.24, 2.45) is 0 Å². The summed E-state index contributed by atoms with van der Waals surface area (Å²) in [6.45, 7) is 4.18. The van der Waals surface area contributed by atoms with E-state index in [1.165, 1.54) is 5.56 Å². The highest BCUT2D eigenvalue weighted by atomic mass is 79.9. The van der Waals surface area contributed by atoms with Gasteiger partial charge in [0.2, 0.25) is 0 Å². The Bertz CT molecular complexity index is 598. The van der Waals surface area contributed by atoms with Crippen molar-refractivity contribution in [3.8, 4) is 11.1 Å².